The first-order valence-corrected chi connectivity index (χ1v) is 6.59. The highest BCUT2D eigenvalue weighted by Crippen LogP contribution is 2.32. The Morgan fingerprint density at radius 3 is 2.79 bits per heavy atom. The molecule has 1 aliphatic rings. The molecule has 4 nitrogen and oxygen atoms in total. The summed E-state index contributed by atoms with van der Waals surface area (Å²) < 4.78 is 1.81. The van der Waals surface area contributed by atoms with Crippen LogP contribution >= 0.6 is 0 Å². The molecule has 1 unspecified atom stereocenters. The Kier molecular flexibility index (Phi) is 3.07. The first kappa shape index (κ1) is 12.0. The molecule has 2 heterocycles. The minimum atomic E-state index is 0.0342. The van der Waals surface area contributed by atoms with E-state index in [0.29, 0.717) is 5.69 Å². The molecule has 2 aromatic rings. The van der Waals surface area contributed by atoms with E-state index >= 15 is 0 Å². The summed E-state index contributed by atoms with van der Waals surface area (Å²) in [5, 5.41) is 0. The van der Waals surface area contributed by atoms with Gasteiger partial charge in [0.15, 0.2) is 0 Å². The summed E-state index contributed by atoms with van der Waals surface area (Å²) in [4.78, 5) is 18.6. The Bertz CT molecular complexity index is 576. The molecule has 4 heteroatoms. The first-order valence-electron chi connectivity index (χ1n) is 6.59. The molecule has 98 valence electrons. The molecule has 0 radical (unpaired) electrons. The number of carbonyl (C=O) groups is 1. The van der Waals surface area contributed by atoms with E-state index in [-0.39, 0.29) is 11.9 Å². The van der Waals surface area contributed by atoms with Crippen LogP contribution in [0.3, 0.4) is 0 Å². The van der Waals surface area contributed by atoms with Gasteiger partial charge < -0.3 is 9.47 Å². The van der Waals surface area contributed by atoms with Crippen molar-refractivity contribution in [2.45, 2.75) is 18.9 Å². The maximum absolute atomic E-state index is 12.5. The molecule has 1 aromatic carbocycles. The molecule has 1 fully saturated rings. The van der Waals surface area contributed by atoms with E-state index in [9.17, 15) is 4.79 Å². The lowest BCUT2D eigenvalue weighted by molar-refractivity contribution is 0.0730. The molecule has 0 aliphatic carbocycles. The Morgan fingerprint density at radius 2 is 2.11 bits per heavy atom. The van der Waals surface area contributed by atoms with Gasteiger partial charge in [0.05, 0.1) is 12.4 Å². The predicted octanol–water partition coefficient (Wildman–Crippen LogP) is 2.40. The summed E-state index contributed by atoms with van der Waals surface area (Å²) in [7, 11) is 1.88. The zero-order valence-corrected chi connectivity index (χ0v) is 11.0. The van der Waals surface area contributed by atoms with Crippen molar-refractivity contribution < 1.29 is 4.79 Å². The van der Waals surface area contributed by atoms with Crippen LogP contribution in [0.1, 0.15) is 34.9 Å². The van der Waals surface area contributed by atoms with E-state index in [1.54, 1.807) is 17.1 Å². The number of carbonyl (C=O) groups excluding carboxylic acids is 1. The Morgan fingerprint density at radius 1 is 1.32 bits per heavy atom. The number of nitrogens with zero attached hydrogens (tertiary/aromatic N) is 3. The molecule has 19 heavy (non-hydrogen) atoms. The van der Waals surface area contributed by atoms with Crippen molar-refractivity contribution >= 4 is 5.91 Å². The number of aryl methyl sites for hydroxylation is 1. The lowest BCUT2D eigenvalue weighted by atomic mass is 10.0. The lowest BCUT2D eigenvalue weighted by Gasteiger charge is -2.24. The van der Waals surface area contributed by atoms with Crippen LogP contribution in [-0.2, 0) is 7.05 Å². The van der Waals surface area contributed by atoms with E-state index in [0.717, 1.165) is 19.4 Å². The van der Waals surface area contributed by atoms with Crippen molar-refractivity contribution in [1.29, 1.82) is 0 Å². The summed E-state index contributed by atoms with van der Waals surface area (Å²) >= 11 is 0. The van der Waals surface area contributed by atoms with Crippen LogP contribution in [0.4, 0.5) is 0 Å². The van der Waals surface area contributed by atoms with Crippen molar-refractivity contribution in [2.75, 3.05) is 6.54 Å². The summed E-state index contributed by atoms with van der Waals surface area (Å²) in [6.45, 7) is 0.814. The van der Waals surface area contributed by atoms with Gasteiger partial charge in [0.2, 0.25) is 0 Å². The third-order valence-corrected chi connectivity index (χ3v) is 3.62. The fraction of sp³-hybridized carbons (Fsp3) is 0.333. The summed E-state index contributed by atoms with van der Waals surface area (Å²) in [5.41, 5.74) is 1.75. The molecule has 0 spiro atoms. The number of aromatic nitrogens is 2. The van der Waals surface area contributed by atoms with Gasteiger partial charge in [-0.15, -0.1) is 0 Å². The topological polar surface area (TPSA) is 38.1 Å². The van der Waals surface area contributed by atoms with E-state index in [1.807, 2.05) is 30.1 Å². The van der Waals surface area contributed by atoms with Crippen LogP contribution in [0.25, 0.3) is 0 Å². The van der Waals surface area contributed by atoms with E-state index < -0.39 is 0 Å². The highest BCUT2D eigenvalue weighted by atomic mass is 16.2. The van der Waals surface area contributed by atoms with Gasteiger partial charge in [0.1, 0.15) is 5.69 Å². The van der Waals surface area contributed by atoms with Gasteiger partial charge in [-0.25, -0.2) is 4.98 Å². The van der Waals surface area contributed by atoms with Crippen LogP contribution in [0, 0.1) is 0 Å². The maximum atomic E-state index is 12.5. The fourth-order valence-electron chi connectivity index (χ4n) is 2.70. The standard InChI is InChI=1S/C15H17N3O/c1-17-10-13(16-11-17)15(19)18-9-5-8-14(18)12-6-3-2-4-7-12/h2-4,6-7,10-11,14H,5,8-9H2,1H3. The number of hydrogen-bond donors (Lipinski definition) is 0. The number of hydrogen-bond acceptors (Lipinski definition) is 2. The van der Waals surface area contributed by atoms with Crippen molar-refractivity contribution in [1.82, 2.24) is 14.5 Å². The lowest BCUT2D eigenvalue weighted by Crippen LogP contribution is -2.30. The molecule has 0 bridgehead atoms. The average molecular weight is 255 g/mol. The second-order valence-corrected chi connectivity index (χ2v) is 4.99. The van der Waals surface area contributed by atoms with Gasteiger partial charge in [-0.1, -0.05) is 30.3 Å². The number of imidazole rings is 1. The molecule has 1 atom stereocenters. The number of benzene rings is 1. The second kappa shape index (κ2) is 4.88. The third-order valence-electron chi connectivity index (χ3n) is 3.62. The molecular formula is C15H17N3O. The molecule has 1 aromatic heterocycles. The zero-order chi connectivity index (χ0) is 13.2. The van der Waals surface area contributed by atoms with Crippen molar-refractivity contribution in [3.05, 3.63) is 54.1 Å². The van der Waals surface area contributed by atoms with Gasteiger partial charge in [0, 0.05) is 19.8 Å². The molecule has 3 rings (SSSR count). The van der Waals surface area contributed by atoms with Crippen molar-refractivity contribution in [3.63, 3.8) is 0 Å². The van der Waals surface area contributed by atoms with Gasteiger partial charge >= 0.3 is 0 Å². The van der Waals surface area contributed by atoms with E-state index in [4.69, 9.17) is 0 Å². The average Bonchev–Trinajstić information content (AvgIpc) is 3.07. The monoisotopic (exact) mass is 255 g/mol. The minimum Gasteiger partial charge on any atom is -0.340 e. The van der Waals surface area contributed by atoms with Crippen LogP contribution < -0.4 is 0 Å². The normalized spacial score (nSPS) is 18.8. The van der Waals surface area contributed by atoms with Crippen molar-refractivity contribution in [2.24, 2.45) is 7.05 Å². The Labute approximate surface area is 112 Å². The van der Waals surface area contributed by atoms with Crippen LogP contribution in [0.15, 0.2) is 42.9 Å². The summed E-state index contributed by atoms with van der Waals surface area (Å²) in [6.07, 6.45) is 5.53. The minimum absolute atomic E-state index is 0.0342. The molecule has 0 N–H and O–H groups in total. The van der Waals surface area contributed by atoms with Crippen LogP contribution in [0.5, 0.6) is 0 Å². The van der Waals surface area contributed by atoms with E-state index in [1.165, 1.54) is 5.56 Å². The smallest absolute Gasteiger partial charge is 0.274 e. The van der Waals surface area contributed by atoms with Crippen LogP contribution in [-0.4, -0.2) is 26.9 Å². The SMILES string of the molecule is Cn1cnc(C(=O)N2CCCC2c2ccccc2)c1. The Balaban J connectivity index is 1.86. The molecule has 1 saturated heterocycles. The quantitative estimate of drug-likeness (QED) is 0.826. The number of likely N-dealkylation sites (tertiary alicyclic amines) is 1. The number of rotatable bonds is 2. The van der Waals surface area contributed by atoms with Gasteiger partial charge in [-0.3, -0.25) is 4.79 Å². The molecular weight excluding hydrogens is 238 g/mol. The zero-order valence-electron chi connectivity index (χ0n) is 11.0. The molecule has 1 aliphatic heterocycles. The summed E-state index contributed by atoms with van der Waals surface area (Å²) in [5.74, 6) is 0.0342. The summed E-state index contributed by atoms with van der Waals surface area (Å²) in [6, 6.07) is 10.4. The van der Waals surface area contributed by atoms with Gasteiger partial charge in [-0.2, -0.15) is 0 Å². The highest BCUT2D eigenvalue weighted by molar-refractivity contribution is 5.92. The number of amides is 1. The fourth-order valence-corrected chi connectivity index (χ4v) is 2.70. The van der Waals surface area contributed by atoms with E-state index in [2.05, 4.69) is 17.1 Å². The van der Waals surface area contributed by atoms with Gasteiger partial charge in [0.25, 0.3) is 5.91 Å². The third kappa shape index (κ3) is 2.26. The van der Waals surface area contributed by atoms with Crippen molar-refractivity contribution in [3.8, 4) is 0 Å². The van der Waals surface area contributed by atoms with Crippen LogP contribution in [0.2, 0.25) is 0 Å². The van der Waals surface area contributed by atoms with Gasteiger partial charge in [-0.05, 0) is 18.4 Å². The first-order chi connectivity index (χ1) is 9.25. The highest BCUT2D eigenvalue weighted by Gasteiger charge is 2.31. The molecule has 1 amide bonds. The largest absolute Gasteiger partial charge is 0.340 e. The second-order valence-electron chi connectivity index (χ2n) is 4.99. The predicted molar refractivity (Wildman–Crippen MR) is 72.7 cm³/mol. The Hall–Kier alpha value is -2.10. The maximum Gasteiger partial charge on any atom is 0.274 e. The molecule has 0 saturated carbocycles.